The van der Waals surface area contributed by atoms with Gasteiger partial charge in [0.1, 0.15) is 5.75 Å². The second-order valence-electron chi connectivity index (χ2n) is 7.53. The van der Waals surface area contributed by atoms with Crippen LogP contribution in [0, 0.1) is 0 Å². The van der Waals surface area contributed by atoms with Crippen molar-refractivity contribution in [2.45, 2.75) is 6.42 Å². The summed E-state index contributed by atoms with van der Waals surface area (Å²) < 4.78 is 19.4. The Labute approximate surface area is 204 Å². The molecule has 0 aliphatic carbocycles. The number of hydrogen-bond donors (Lipinski definition) is 0. The number of para-hydroxylation sites is 3. The van der Waals surface area contributed by atoms with Crippen LogP contribution in [0.15, 0.2) is 71.5 Å². The van der Waals surface area contributed by atoms with Crippen molar-refractivity contribution in [1.82, 2.24) is 9.38 Å². The lowest BCUT2D eigenvalue weighted by Crippen LogP contribution is -2.22. The molecule has 0 N–H and O–H groups in total. The Bertz CT molecular complexity index is 1580. The van der Waals surface area contributed by atoms with Gasteiger partial charge in [0.2, 0.25) is 0 Å². The van der Waals surface area contributed by atoms with E-state index in [2.05, 4.69) is 4.98 Å². The van der Waals surface area contributed by atoms with Crippen LogP contribution in [-0.4, -0.2) is 29.7 Å². The first-order chi connectivity index (χ1) is 16.6. The zero-order valence-electron chi connectivity index (χ0n) is 18.4. The largest absolute Gasteiger partial charge is 0.493 e. The lowest BCUT2D eigenvalue weighted by molar-refractivity contribution is 0.240. The minimum Gasteiger partial charge on any atom is -0.493 e. The third-order valence-electron chi connectivity index (χ3n) is 5.27. The number of aromatic nitrogens is 2. The zero-order chi connectivity index (χ0) is 23.5. The number of hydrogen-bond acceptors (Lipinski definition) is 6. The number of nitrogens with zero attached hydrogens (tertiary/aromatic N) is 2. The van der Waals surface area contributed by atoms with Crippen molar-refractivity contribution in [2.75, 3.05) is 20.3 Å². The van der Waals surface area contributed by atoms with Crippen molar-refractivity contribution in [1.29, 1.82) is 0 Å². The van der Waals surface area contributed by atoms with Gasteiger partial charge in [-0.1, -0.05) is 53.3 Å². The Morgan fingerprint density at radius 3 is 2.56 bits per heavy atom. The third kappa shape index (κ3) is 4.44. The van der Waals surface area contributed by atoms with E-state index < -0.39 is 0 Å². The molecule has 0 amide bonds. The second kappa shape index (κ2) is 9.75. The highest BCUT2D eigenvalue weighted by Crippen LogP contribution is 2.29. The van der Waals surface area contributed by atoms with E-state index in [1.54, 1.807) is 17.6 Å². The first-order valence-electron chi connectivity index (χ1n) is 10.7. The summed E-state index contributed by atoms with van der Waals surface area (Å²) in [5.74, 6) is 1.89. The summed E-state index contributed by atoms with van der Waals surface area (Å²) in [4.78, 5) is 18.2. The van der Waals surface area contributed by atoms with Gasteiger partial charge in [0.15, 0.2) is 16.5 Å². The Hall–Kier alpha value is -3.55. The van der Waals surface area contributed by atoms with Crippen molar-refractivity contribution in [3.05, 3.63) is 92.2 Å². The predicted octanol–water partition coefficient (Wildman–Crippen LogP) is 4.97. The van der Waals surface area contributed by atoms with Gasteiger partial charge in [0.25, 0.3) is 5.56 Å². The van der Waals surface area contributed by atoms with E-state index in [4.69, 9.17) is 25.8 Å². The van der Waals surface area contributed by atoms with Crippen LogP contribution in [0.5, 0.6) is 17.2 Å². The van der Waals surface area contributed by atoms with Crippen molar-refractivity contribution < 1.29 is 14.2 Å². The Morgan fingerprint density at radius 1 is 0.971 bits per heavy atom. The molecule has 0 aliphatic rings. The van der Waals surface area contributed by atoms with Crippen LogP contribution in [-0.2, 0) is 0 Å². The smallest absolute Gasteiger partial charge is 0.274 e. The maximum absolute atomic E-state index is 13.0. The number of halogens is 1. The molecule has 6 nitrogen and oxygen atoms in total. The van der Waals surface area contributed by atoms with Crippen LogP contribution < -0.4 is 24.3 Å². The van der Waals surface area contributed by atoms with E-state index in [0.29, 0.717) is 51.4 Å². The summed E-state index contributed by atoms with van der Waals surface area (Å²) in [7, 11) is 1.59. The molecule has 3 aromatic carbocycles. The molecule has 0 saturated heterocycles. The van der Waals surface area contributed by atoms with Gasteiger partial charge >= 0.3 is 0 Å². The first kappa shape index (κ1) is 22.3. The SMILES string of the molecule is COc1cc(/C=c2\sc3nc4ccccc4n3c2=O)ccc1OCCCOc1ccccc1Cl. The third-order valence-corrected chi connectivity index (χ3v) is 6.55. The van der Waals surface area contributed by atoms with E-state index in [9.17, 15) is 4.79 Å². The van der Waals surface area contributed by atoms with Gasteiger partial charge in [-0.3, -0.25) is 4.79 Å². The molecular weight excluding hydrogens is 472 g/mol. The standard InChI is InChI=1S/C26H21ClN2O4S/c1-31-23-15-17(11-12-22(23)33-14-6-13-32-21-10-5-2-7-18(21)27)16-24-25(30)29-20-9-4-3-8-19(20)28-26(29)34-24/h2-5,7-12,15-16H,6,13-14H2,1H3/b24-16-. The van der Waals surface area contributed by atoms with Gasteiger partial charge in [-0.05, 0) is 48.0 Å². The molecule has 0 atom stereocenters. The molecule has 0 fully saturated rings. The molecule has 0 spiro atoms. The Morgan fingerprint density at radius 2 is 1.74 bits per heavy atom. The fourth-order valence-corrected chi connectivity index (χ4v) is 4.82. The monoisotopic (exact) mass is 492 g/mol. The topological polar surface area (TPSA) is 62.1 Å². The second-order valence-corrected chi connectivity index (χ2v) is 8.94. The van der Waals surface area contributed by atoms with Crippen LogP contribution in [0.25, 0.3) is 22.1 Å². The zero-order valence-corrected chi connectivity index (χ0v) is 19.9. The minimum atomic E-state index is -0.0773. The average molecular weight is 493 g/mol. The highest BCUT2D eigenvalue weighted by Gasteiger charge is 2.11. The Balaban J connectivity index is 1.29. The number of methoxy groups -OCH3 is 1. The molecule has 8 heteroatoms. The average Bonchev–Trinajstić information content (AvgIpc) is 3.36. The molecule has 34 heavy (non-hydrogen) atoms. The first-order valence-corrected chi connectivity index (χ1v) is 11.9. The van der Waals surface area contributed by atoms with Crippen molar-refractivity contribution >= 4 is 45.0 Å². The molecule has 2 aromatic heterocycles. The van der Waals surface area contributed by atoms with Crippen molar-refractivity contribution in [2.24, 2.45) is 0 Å². The molecule has 2 heterocycles. The van der Waals surface area contributed by atoms with Crippen LogP contribution in [0.2, 0.25) is 5.02 Å². The van der Waals surface area contributed by atoms with Gasteiger partial charge in [-0.25, -0.2) is 9.38 Å². The highest BCUT2D eigenvalue weighted by atomic mass is 35.5. The molecule has 0 saturated carbocycles. The predicted molar refractivity (Wildman–Crippen MR) is 136 cm³/mol. The van der Waals surface area contributed by atoms with E-state index >= 15 is 0 Å². The molecule has 0 radical (unpaired) electrons. The maximum atomic E-state index is 13.0. The van der Waals surface area contributed by atoms with E-state index in [0.717, 1.165) is 16.6 Å². The molecule has 0 unspecified atom stereocenters. The van der Waals surface area contributed by atoms with Gasteiger partial charge in [0.05, 0.1) is 40.9 Å². The fraction of sp³-hybridized carbons (Fsp3) is 0.154. The normalized spacial score (nSPS) is 11.9. The summed E-state index contributed by atoms with van der Waals surface area (Å²) in [5.41, 5.74) is 2.40. The van der Waals surface area contributed by atoms with E-state index in [-0.39, 0.29) is 5.56 Å². The fourth-order valence-electron chi connectivity index (χ4n) is 3.64. The van der Waals surface area contributed by atoms with Crippen LogP contribution in [0.4, 0.5) is 0 Å². The van der Waals surface area contributed by atoms with E-state index in [1.165, 1.54) is 11.3 Å². The lowest BCUT2D eigenvalue weighted by Gasteiger charge is -2.12. The number of rotatable bonds is 8. The molecule has 0 bridgehead atoms. The summed E-state index contributed by atoms with van der Waals surface area (Å²) in [5, 5.41) is 0.588. The van der Waals surface area contributed by atoms with Gasteiger partial charge in [-0.2, -0.15) is 0 Å². The van der Waals surface area contributed by atoms with Gasteiger partial charge in [0, 0.05) is 6.42 Å². The molecule has 5 rings (SSSR count). The molecule has 172 valence electrons. The minimum absolute atomic E-state index is 0.0773. The van der Waals surface area contributed by atoms with Crippen LogP contribution in [0.3, 0.4) is 0 Å². The quantitative estimate of drug-likeness (QED) is 0.286. The maximum Gasteiger partial charge on any atom is 0.274 e. The lowest BCUT2D eigenvalue weighted by atomic mass is 10.2. The summed E-state index contributed by atoms with van der Waals surface area (Å²) in [6.45, 7) is 0.947. The van der Waals surface area contributed by atoms with Gasteiger partial charge < -0.3 is 14.2 Å². The number of thiazole rings is 1. The van der Waals surface area contributed by atoms with Crippen LogP contribution in [0.1, 0.15) is 12.0 Å². The van der Waals surface area contributed by atoms with Gasteiger partial charge in [-0.15, -0.1) is 0 Å². The molecule has 5 aromatic rings. The molecular formula is C26H21ClN2O4S. The number of benzene rings is 3. The number of ether oxygens (including phenoxy) is 3. The van der Waals surface area contributed by atoms with E-state index in [1.807, 2.05) is 66.7 Å². The number of fused-ring (bicyclic) bond motifs is 3. The van der Waals surface area contributed by atoms with Crippen molar-refractivity contribution in [3.8, 4) is 17.2 Å². The number of imidazole rings is 1. The summed E-state index contributed by atoms with van der Waals surface area (Å²) >= 11 is 7.47. The Kier molecular flexibility index (Phi) is 6.38. The summed E-state index contributed by atoms with van der Waals surface area (Å²) in [6.07, 6.45) is 2.53. The highest BCUT2D eigenvalue weighted by molar-refractivity contribution is 7.15. The summed E-state index contributed by atoms with van der Waals surface area (Å²) in [6, 6.07) is 20.6. The molecule has 0 aliphatic heterocycles. The van der Waals surface area contributed by atoms with Crippen LogP contribution >= 0.6 is 22.9 Å². The van der Waals surface area contributed by atoms with Crippen molar-refractivity contribution in [3.63, 3.8) is 0 Å².